The van der Waals surface area contributed by atoms with Crippen LogP contribution in [0.3, 0.4) is 0 Å². The van der Waals surface area contributed by atoms with Gasteiger partial charge in [0.15, 0.2) is 3.77 Å². The highest BCUT2D eigenvalue weighted by molar-refractivity contribution is 14.1. The quantitative estimate of drug-likeness (QED) is 0.386. The molecule has 1 aromatic carbocycles. The molecule has 1 aliphatic heterocycles. The zero-order valence-corrected chi connectivity index (χ0v) is 13.8. The lowest BCUT2D eigenvalue weighted by Crippen LogP contribution is -1.96. The van der Waals surface area contributed by atoms with Crippen LogP contribution in [0.25, 0.3) is 11.8 Å². The van der Waals surface area contributed by atoms with Gasteiger partial charge in [-0.25, -0.2) is 4.79 Å². The van der Waals surface area contributed by atoms with Crippen LogP contribution in [0.2, 0.25) is 0 Å². The van der Waals surface area contributed by atoms with Crippen molar-refractivity contribution in [2.75, 3.05) is 0 Å². The molecule has 1 aliphatic rings. The summed E-state index contributed by atoms with van der Waals surface area (Å²) in [4.78, 5) is 11.8. The average molecular weight is 443 g/mol. The summed E-state index contributed by atoms with van der Waals surface area (Å²) in [5.41, 5.74) is 1.34. The maximum atomic E-state index is 11.8. The Morgan fingerprint density at radius 2 is 1.85 bits per heavy atom. The Bertz CT molecular complexity index is 726. The maximum Gasteiger partial charge on any atom is 0.343 e. The molecule has 0 aliphatic carbocycles. The van der Waals surface area contributed by atoms with Crippen molar-refractivity contribution in [2.24, 2.45) is 0 Å². The molecule has 0 bridgehead atoms. The highest BCUT2D eigenvalue weighted by Crippen LogP contribution is 2.28. The third kappa shape index (κ3) is 2.88. The van der Waals surface area contributed by atoms with Crippen LogP contribution in [-0.2, 0) is 9.53 Å². The van der Waals surface area contributed by atoms with E-state index in [1.165, 1.54) is 0 Å². The summed E-state index contributed by atoms with van der Waals surface area (Å²) in [5, 5.41) is 0. The van der Waals surface area contributed by atoms with Crippen molar-refractivity contribution in [2.45, 2.75) is 0 Å². The molecule has 0 amide bonds. The largest absolute Gasteiger partial charge is 0.451 e. The number of benzene rings is 1. The lowest BCUT2D eigenvalue weighted by atomic mass is 10.1. The molecule has 0 saturated carbocycles. The second-order valence-electron chi connectivity index (χ2n) is 4.15. The molecule has 2 heterocycles. The molecule has 0 radical (unpaired) electrons. The van der Waals surface area contributed by atoms with Crippen LogP contribution in [-0.4, -0.2) is 5.97 Å². The SMILES string of the molecule is O=C1OC(c2ccc(Br)cc2)=C/C1=C\c1ccc(I)o1. The Balaban J connectivity index is 1.92. The van der Waals surface area contributed by atoms with Crippen LogP contribution in [0, 0.1) is 3.77 Å². The minimum atomic E-state index is -0.366. The molecule has 100 valence electrons. The minimum absolute atomic E-state index is 0.366. The number of hydrogen-bond donors (Lipinski definition) is 0. The van der Waals surface area contributed by atoms with Crippen molar-refractivity contribution in [3.05, 3.63) is 67.6 Å². The molecule has 20 heavy (non-hydrogen) atoms. The molecule has 0 fully saturated rings. The summed E-state index contributed by atoms with van der Waals surface area (Å²) < 4.78 is 12.4. The van der Waals surface area contributed by atoms with Crippen LogP contribution >= 0.6 is 38.5 Å². The van der Waals surface area contributed by atoms with Crippen molar-refractivity contribution in [1.82, 2.24) is 0 Å². The summed E-state index contributed by atoms with van der Waals surface area (Å²) in [5.74, 6) is 0.819. The number of cyclic esters (lactones) is 1. The first-order chi connectivity index (χ1) is 9.61. The smallest absolute Gasteiger partial charge is 0.343 e. The number of carbonyl (C=O) groups excluding carboxylic acids is 1. The zero-order valence-electron chi connectivity index (χ0n) is 10.1. The third-order valence-electron chi connectivity index (χ3n) is 2.75. The van der Waals surface area contributed by atoms with Gasteiger partial charge >= 0.3 is 5.97 Å². The number of furan rings is 1. The standard InChI is InChI=1S/C15H8BrIO3/c16-11-3-1-9(2-4-11)13-8-10(15(18)20-13)7-12-5-6-14(17)19-12/h1-8H/b10-7+. The molecule has 0 atom stereocenters. The second kappa shape index (κ2) is 5.57. The Morgan fingerprint density at radius 1 is 1.10 bits per heavy atom. The normalized spacial score (nSPS) is 16.4. The van der Waals surface area contributed by atoms with Crippen LogP contribution in [0.5, 0.6) is 0 Å². The van der Waals surface area contributed by atoms with Gasteiger partial charge in [0.2, 0.25) is 0 Å². The van der Waals surface area contributed by atoms with Crippen molar-refractivity contribution in [3.63, 3.8) is 0 Å². The molecule has 0 saturated heterocycles. The molecular weight excluding hydrogens is 435 g/mol. The average Bonchev–Trinajstić information content (AvgIpc) is 2.98. The van der Waals surface area contributed by atoms with Crippen molar-refractivity contribution < 1.29 is 13.9 Å². The van der Waals surface area contributed by atoms with Gasteiger partial charge in [-0.1, -0.05) is 28.1 Å². The molecule has 0 unspecified atom stereocenters. The number of ether oxygens (including phenoxy) is 1. The summed E-state index contributed by atoms with van der Waals surface area (Å²) >= 11 is 5.45. The molecular formula is C15H8BrIO3. The third-order valence-corrected chi connectivity index (χ3v) is 3.85. The van der Waals surface area contributed by atoms with E-state index in [9.17, 15) is 4.79 Å². The molecule has 0 spiro atoms. The highest BCUT2D eigenvalue weighted by Gasteiger charge is 2.22. The summed E-state index contributed by atoms with van der Waals surface area (Å²) in [6, 6.07) is 11.2. The van der Waals surface area contributed by atoms with E-state index in [-0.39, 0.29) is 5.97 Å². The topological polar surface area (TPSA) is 39.4 Å². The van der Waals surface area contributed by atoms with Gasteiger partial charge in [-0.15, -0.1) is 0 Å². The lowest BCUT2D eigenvalue weighted by molar-refractivity contribution is -0.130. The predicted molar refractivity (Wildman–Crippen MR) is 87.6 cm³/mol. The van der Waals surface area contributed by atoms with E-state index in [1.54, 1.807) is 12.2 Å². The van der Waals surface area contributed by atoms with Crippen LogP contribution in [0.4, 0.5) is 0 Å². The fourth-order valence-electron chi connectivity index (χ4n) is 1.80. The Labute approximate surface area is 137 Å². The van der Waals surface area contributed by atoms with E-state index in [1.807, 2.05) is 36.4 Å². The Morgan fingerprint density at radius 3 is 2.50 bits per heavy atom. The minimum Gasteiger partial charge on any atom is -0.451 e. The second-order valence-corrected chi connectivity index (χ2v) is 6.13. The summed E-state index contributed by atoms with van der Waals surface area (Å²) in [7, 11) is 0. The summed E-state index contributed by atoms with van der Waals surface area (Å²) in [6.07, 6.45) is 3.40. The van der Waals surface area contributed by atoms with E-state index in [4.69, 9.17) is 9.15 Å². The van der Waals surface area contributed by atoms with E-state index in [2.05, 4.69) is 38.5 Å². The number of carbonyl (C=O) groups is 1. The molecule has 2 aromatic rings. The number of hydrogen-bond acceptors (Lipinski definition) is 3. The molecule has 3 rings (SSSR count). The fourth-order valence-corrected chi connectivity index (χ4v) is 2.50. The number of halogens is 2. The first-order valence-electron chi connectivity index (χ1n) is 5.79. The Kier molecular flexibility index (Phi) is 3.80. The zero-order chi connectivity index (χ0) is 14.1. The number of esters is 1. The maximum absolute atomic E-state index is 11.8. The first kappa shape index (κ1) is 13.6. The van der Waals surface area contributed by atoms with Crippen LogP contribution < -0.4 is 0 Å². The van der Waals surface area contributed by atoms with Gasteiger partial charge in [-0.2, -0.15) is 0 Å². The van der Waals surface area contributed by atoms with E-state index < -0.39 is 0 Å². The van der Waals surface area contributed by atoms with Gasteiger partial charge in [0.1, 0.15) is 11.5 Å². The monoisotopic (exact) mass is 442 g/mol. The summed E-state index contributed by atoms with van der Waals surface area (Å²) in [6.45, 7) is 0. The van der Waals surface area contributed by atoms with Gasteiger partial charge in [-0.3, -0.25) is 0 Å². The van der Waals surface area contributed by atoms with E-state index in [0.717, 1.165) is 13.8 Å². The fraction of sp³-hybridized carbons (Fsp3) is 0. The highest BCUT2D eigenvalue weighted by atomic mass is 127. The lowest BCUT2D eigenvalue weighted by Gasteiger charge is -2.01. The van der Waals surface area contributed by atoms with Gasteiger partial charge in [0.05, 0.1) is 5.57 Å². The molecule has 5 heteroatoms. The molecule has 3 nitrogen and oxygen atoms in total. The van der Waals surface area contributed by atoms with E-state index in [0.29, 0.717) is 17.1 Å². The van der Waals surface area contributed by atoms with Crippen molar-refractivity contribution in [1.29, 1.82) is 0 Å². The Hall–Kier alpha value is -1.34. The van der Waals surface area contributed by atoms with Gasteiger partial charge in [-0.05, 0) is 59.0 Å². The van der Waals surface area contributed by atoms with E-state index >= 15 is 0 Å². The van der Waals surface area contributed by atoms with Crippen LogP contribution in [0.15, 0.2) is 56.9 Å². The first-order valence-corrected chi connectivity index (χ1v) is 7.66. The van der Waals surface area contributed by atoms with Gasteiger partial charge in [0.25, 0.3) is 0 Å². The molecule has 1 aromatic heterocycles. The van der Waals surface area contributed by atoms with Gasteiger partial charge in [0, 0.05) is 10.0 Å². The van der Waals surface area contributed by atoms with Crippen molar-refractivity contribution >= 4 is 56.3 Å². The predicted octanol–water partition coefficient (Wildman–Crippen LogP) is 4.63. The van der Waals surface area contributed by atoms with Crippen molar-refractivity contribution in [3.8, 4) is 0 Å². The molecule has 0 N–H and O–H groups in total. The van der Waals surface area contributed by atoms with Gasteiger partial charge < -0.3 is 9.15 Å². The van der Waals surface area contributed by atoms with Crippen LogP contribution in [0.1, 0.15) is 11.3 Å². The number of rotatable bonds is 2.